The SMILES string of the molecule is CC(CNC(=O)C(=O)O)CN1CCCC1. The molecular formula is C10H18N2O3. The first kappa shape index (κ1) is 12.0. The molecular weight excluding hydrogens is 196 g/mol. The Bertz CT molecular complexity index is 237. The Morgan fingerprint density at radius 3 is 2.53 bits per heavy atom. The number of nitrogens with zero attached hydrogens (tertiary/aromatic N) is 1. The molecule has 1 aliphatic rings. The molecule has 0 bridgehead atoms. The molecule has 1 fully saturated rings. The standard InChI is InChI=1S/C10H18N2O3/c1-8(6-11-9(13)10(14)15)7-12-4-2-3-5-12/h8H,2-7H2,1H3,(H,11,13)(H,14,15). The van der Waals surface area contributed by atoms with Crippen molar-refractivity contribution in [3.05, 3.63) is 0 Å². The summed E-state index contributed by atoms with van der Waals surface area (Å²) in [7, 11) is 0. The van der Waals surface area contributed by atoms with Crippen molar-refractivity contribution in [1.82, 2.24) is 10.2 Å². The van der Waals surface area contributed by atoms with Gasteiger partial charge >= 0.3 is 11.9 Å². The van der Waals surface area contributed by atoms with Crippen LogP contribution >= 0.6 is 0 Å². The van der Waals surface area contributed by atoms with Crippen molar-refractivity contribution in [3.63, 3.8) is 0 Å². The lowest BCUT2D eigenvalue weighted by molar-refractivity contribution is -0.150. The predicted octanol–water partition coefficient (Wildman–Crippen LogP) is -0.0809. The van der Waals surface area contributed by atoms with E-state index in [-0.39, 0.29) is 0 Å². The monoisotopic (exact) mass is 214 g/mol. The molecule has 0 radical (unpaired) electrons. The van der Waals surface area contributed by atoms with Crippen molar-refractivity contribution in [2.24, 2.45) is 5.92 Å². The molecule has 0 aromatic carbocycles. The van der Waals surface area contributed by atoms with Gasteiger partial charge in [-0.15, -0.1) is 0 Å². The molecule has 1 rings (SSSR count). The molecule has 0 aromatic rings. The molecule has 0 saturated carbocycles. The Balaban J connectivity index is 2.15. The van der Waals surface area contributed by atoms with E-state index in [2.05, 4.69) is 10.2 Å². The predicted molar refractivity (Wildman–Crippen MR) is 55.5 cm³/mol. The second-order valence-electron chi connectivity index (χ2n) is 4.13. The van der Waals surface area contributed by atoms with Crippen molar-refractivity contribution in [2.45, 2.75) is 19.8 Å². The molecule has 1 aliphatic heterocycles. The summed E-state index contributed by atoms with van der Waals surface area (Å²) in [5, 5.41) is 10.7. The molecule has 86 valence electrons. The lowest BCUT2D eigenvalue weighted by Crippen LogP contribution is -2.37. The molecule has 0 spiro atoms. The number of carboxylic acids is 1. The summed E-state index contributed by atoms with van der Waals surface area (Å²) in [5.41, 5.74) is 0. The minimum absolute atomic E-state index is 0.298. The topological polar surface area (TPSA) is 69.6 Å². The van der Waals surface area contributed by atoms with Gasteiger partial charge in [-0.1, -0.05) is 6.92 Å². The summed E-state index contributed by atoms with van der Waals surface area (Å²) >= 11 is 0. The highest BCUT2D eigenvalue weighted by atomic mass is 16.4. The van der Waals surface area contributed by atoms with Crippen LogP contribution in [0.1, 0.15) is 19.8 Å². The van der Waals surface area contributed by atoms with E-state index in [4.69, 9.17) is 5.11 Å². The van der Waals surface area contributed by atoms with Gasteiger partial charge in [-0.3, -0.25) is 4.79 Å². The summed E-state index contributed by atoms with van der Waals surface area (Å²) in [5.74, 6) is -2.03. The van der Waals surface area contributed by atoms with Crippen LogP contribution in [0.2, 0.25) is 0 Å². The van der Waals surface area contributed by atoms with Crippen LogP contribution in [0.15, 0.2) is 0 Å². The second-order valence-corrected chi connectivity index (χ2v) is 4.13. The summed E-state index contributed by atoms with van der Waals surface area (Å²) in [6.45, 7) is 5.62. The van der Waals surface area contributed by atoms with Gasteiger partial charge in [-0.05, 0) is 31.8 Å². The average molecular weight is 214 g/mol. The van der Waals surface area contributed by atoms with Crippen LogP contribution in [0.25, 0.3) is 0 Å². The fourth-order valence-corrected chi connectivity index (χ4v) is 1.81. The molecule has 1 atom stereocenters. The third kappa shape index (κ3) is 4.29. The van der Waals surface area contributed by atoms with E-state index in [1.165, 1.54) is 12.8 Å². The second kappa shape index (κ2) is 5.70. The normalized spacial score (nSPS) is 18.7. The number of nitrogens with one attached hydrogen (secondary N) is 1. The largest absolute Gasteiger partial charge is 0.474 e. The van der Waals surface area contributed by atoms with Crippen LogP contribution in [0.3, 0.4) is 0 Å². The number of carbonyl (C=O) groups excluding carboxylic acids is 1. The van der Waals surface area contributed by atoms with Crippen molar-refractivity contribution in [3.8, 4) is 0 Å². The van der Waals surface area contributed by atoms with Gasteiger partial charge < -0.3 is 15.3 Å². The Morgan fingerprint density at radius 2 is 2.00 bits per heavy atom. The molecule has 0 aliphatic carbocycles. The lowest BCUT2D eigenvalue weighted by Gasteiger charge is -2.19. The summed E-state index contributed by atoms with van der Waals surface area (Å²) in [6, 6.07) is 0. The van der Waals surface area contributed by atoms with Gasteiger partial charge in [0.1, 0.15) is 0 Å². The van der Waals surface area contributed by atoms with Gasteiger partial charge in [0, 0.05) is 13.1 Å². The highest BCUT2D eigenvalue weighted by molar-refractivity contribution is 6.31. The van der Waals surface area contributed by atoms with Crippen molar-refractivity contribution < 1.29 is 14.7 Å². The van der Waals surface area contributed by atoms with Gasteiger partial charge in [0.15, 0.2) is 0 Å². The maximum absolute atomic E-state index is 10.8. The van der Waals surface area contributed by atoms with E-state index in [1.807, 2.05) is 6.92 Å². The Morgan fingerprint density at radius 1 is 1.40 bits per heavy atom. The molecule has 1 saturated heterocycles. The average Bonchev–Trinajstić information content (AvgIpc) is 2.66. The number of rotatable bonds is 4. The first-order valence-electron chi connectivity index (χ1n) is 5.33. The molecule has 1 heterocycles. The van der Waals surface area contributed by atoms with E-state index in [0.29, 0.717) is 12.5 Å². The summed E-state index contributed by atoms with van der Waals surface area (Å²) in [4.78, 5) is 23.3. The quantitative estimate of drug-likeness (QED) is 0.642. The van der Waals surface area contributed by atoms with E-state index in [9.17, 15) is 9.59 Å². The number of aliphatic carboxylic acids is 1. The van der Waals surface area contributed by atoms with Crippen molar-refractivity contribution >= 4 is 11.9 Å². The highest BCUT2D eigenvalue weighted by Gasteiger charge is 2.16. The Labute approximate surface area is 89.4 Å². The Hall–Kier alpha value is -1.10. The van der Waals surface area contributed by atoms with Gasteiger partial charge in [0.05, 0.1) is 0 Å². The van der Waals surface area contributed by atoms with Gasteiger partial charge in [-0.25, -0.2) is 4.79 Å². The maximum atomic E-state index is 10.8. The molecule has 1 amide bonds. The van der Waals surface area contributed by atoms with Crippen LogP contribution in [0.5, 0.6) is 0 Å². The molecule has 5 heteroatoms. The van der Waals surface area contributed by atoms with Gasteiger partial charge in [0.2, 0.25) is 0 Å². The van der Waals surface area contributed by atoms with Crippen LogP contribution in [0.4, 0.5) is 0 Å². The summed E-state index contributed by atoms with van der Waals surface area (Å²) in [6.07, 6.45) is 2.49. The van der Waals surface area contributed by atoms with E-state index >= 15 is 0 Å². The minimum Gasteiger partial charge on any atom is -0.474 e. The van der Waals surface area contributed by atoms with Crippen LogP contribution in [-0.4, -0.2) is 48.1 Å². The number of hydrogen-bond acceptors (Lipinski definition) is 3. The molecule has 1 unspecified atom stereocenters. The van der Waals surface area contributed by atoms with Gasteiger partial charge in [-0.2, -0.15) is 0 Å². The first-order chi connectivity index (χ1) is 7.09. The number of likely N-dealkylation sites (tertiary alicyclic amines) is 1. The van der Waals surface area contributed by atoms with E-state index in [0.717, 1.165) is 19.6 Å². The fourth-order valence-electron chi connectivity index (χ4n) is 1.81. The zero-order valence-electron chi connectivity index (χ0n) is 9.03. The van der Waals surface area contributed by atoms with Crippen LogP contribution in [0, 0.1) is 5.92 Å². The van der Waals surface area contributed by atoms with Crippen LogP contribution in [-0.2, 0) is 9.59 Å². The third-order valence-electron chi connectivity index (χ3n) is 2.57. The minimum atomic E-state index is -1.41. The third-order valence-corrected chi connectivity index (χ3v) is 2.57. The van der Waals surface area contributed by atoms with Crippen LogP contribution < -0.4 is 5.32 Å². The van der Waals surface area contributed by atoms with Gasteiger partial charge in [0.25, 0.3) is 0 Å². The highest BCUT2D eigenvalue weighted by Crippen LogP contribution is 2.09. The molecule has 2 N–H and O–H groups in total. The number of carboxylic acid groups (broad SMARTS) is 1. The smallest absolute Gasteiger partial charge is 0.394 e. The number of carbonyl (C=O) groups is 2. The maximum Gasteiger partial charge on any atom is 0.394 e. The van der Waals surface area contributed by atoms with Crippen molar-refractivity contribution in [2.75, 3.05) is 26.2 Å². The molecule has 0 aromatic heterocycles. The van der Waals surface area contributed by atoms with E-state index < -0.39 is 11.9 Å². The molecule has 15 heavy (non-hydrogen) atoms. The molecule has 5 nitrogen and oxygen atoms in total. The zero-order chi connectivity index (χ0) is 11.3. The zero-order valence-corrected chi connectivity index (χ0v) is 9.03. The number of hydrogen-bond donors (Lipinski definition) is 2. The lowest BCUT2D eigenvalue weighted by atomic mass is 10.1. The Kier molecular flexibility index (Phi) is 4.55. The first-order valence-corrected chi connectivity index (χ1v) is 5.33. The summed E-state index contributed by atoms with van der Waals surface area (Å²) < 4.78 is 0. The number of amides is 1. The van der Waals surface area contributed by atoms with E-state index in [1.54, 1.807) is 0 Å². The van der Waals surface area contributed by atoms with Crippen molar-refractivity contribution in [1.29, 1.82) is 0 Å². The fraction of sp³-hybridized carbons (Fsp3) is 0.800.